The van der Waals surface area contributed by atoms with Crippen LogP contribution < -0.4 is 16.0 Å². The molecular weight excluding hydrogens is 364 g/mol. The minimum atomic E-state index is 0.0530. The van der Waals surface area contributed by atoms with Gasteiger partial charge in [-0.05, 0) is 24.3 Å². The molecule has 27 heavy (non-hydrogen) atoms. The van der Waals surface area contributed by atoms with Crippen LogP contribution in [-0.2, 0) is 13.1 Å². The predicted molar refractivity (Wildman–Crippen MR) is 103 cm³/mol. The second-order valence-corrected chi connectivity index (χ2v) is 6.92. The first-order chi connectivity index (χ1) is 13.3. The number of anilines is 2. The number of fused-ring (bicyclic) bond motifs is 2. The smallest absolute Gasteiger partial charge is 0.170 e. The van der Waals surface area contributed by atoms with Crippen molar-refractivity contribution in [2.75, 3.05) is 17.0 Å². The summed E-state index contributed by atoms with van der Waals surface area (Å²) in [6.07, 6.45) is 3.63. The zero-order valence-corrected chi connectivity index (χ0v) is 15.0. The van der Waals surface area contributed by atoms with Gasteiger partial charge in [-0.3, -0.25) is 9.69 Å². The van der Waals surface area contributed by atoms with Gasteiger partial charge in [0.2, 0.25) is 0 Å². The Bertz CT molecular complexity index is 1110. The van der Waals surface area contributed by atoms with Gasteiger partial charge in [-0.15, -0.1) is 16.9 Å². The van der Waals surface area contributed by atoms with E-state index in [1.165, 1.54) is 11.3 Å². The van der Waals surface area contributed by atoms with Crippen molar-refractivity contribution in [3.63, 3.8) is 0 Å². The molecule has 4 aromatic heterocycles. The fraction of sp³-hybridized carbons (Fsp3) is 0.176. The van der Waals surface area contributed by atoms with Crippen molar-refractivity contribution in [1.82, 2.24) is 30.3 Å². The summed E-state index contributed by atoms with van der Waals surface area (Å²) < 4.78 is 1.70. The number of aliphatic hydroxyl groups excluding tert-OH is 1. The molecular formula is C17H16N8OS. The van der Waals surface area contributed by atoms with E-state index in [4.69, 9.17) is 10.1 Å². The Morgan fingerprint density at radius 3 is 3.04 bits per heavy atom. The lowest BCUT2D eigenvalue weighted by Gasteiger charge is -2.16. The Hall–Kier alpha value is -3.08. The molecule has 5 rings (SSSR count). The first-order valence-electron chi connectivity index (χ1n) is 8.43. The van der Waals surface area contributed by atoms with Gasteiger partial charge >= 0.3 is 0 Å². The van der Waals surface area contributed by atoms with Crippen LogP contribution >= 0.6 is 11.3 Å². The van der Waals surface area contributed by atoms with E-state index < -0.39 is 0 Å². The standard InChI is InChI=1S/C17H16N8OS/c26-6-5-24-8-11(7-19-24)13-3-4-14-16(21-13)25(23-22-14)9-12-1-2-15-17(20-12)27-10-18-15/h1-4,7-8,10,22-23,26H,5-6,9H2. The lowest BCUT2D eigenvalue weighted by molar-refractivity contribution is 0.269. The van der Waals surface area contributed by atoms with Crippen molar-refractivity contribution >= 4 is 33.2 Å². The van der Waals surface area contributed by atoms with Gasteiger partial charge in [0, 0.05) is 11.8 Å². The van der Waals surface area contributed by atoms with Crippen LogP contribution in [0.2, 0.25) is 0 Å². The van der Waals surface area contributed by atoms with Crippen LogP contribution in [0.5, 0.6) is 0 Å². The van der Waals surface area contributed by atoms with Crippen molar-refractivity contribution in [1.29, 1.82) is 0 Å². The van der Waals surface area contributed by atoms with E-state index in [0.717, 1.165) is 38.8 Å². The van der Waals surface area contributed by atoms with Crippen molar-refractivity contribution < 1.29 is 5.11 Å². The van der Waals surface area contributed by atoms with Gasteiger partial charge in [0.15, 0.2) is 5.82 Å². The quantitative estimate of drug-likeness (QED) is 0.481. The average Bonchev–Trinajstić information content (AvgIpc) is 3.41. The van der Waals surface area contributed by atoms with Crippen LogP contribution in [0.4, 0.5) is 11.5 Å². The maximum atomic E-state index is 9.04. The SMILES string of the molecule is OCCn1cc(-c2ccc3c(n2)N(Cc2ccc4ncsc4n2)NN3)cn1. The summed E-state index contributed by atoms with van der Waals surface area (Å²) in [5.74, 6) is 0.800. The van der Waals surface area contributed by atoms with Crippen LogP contribution in [-0.4, -0.2) is 36.4 Å². The molecule has 1 aliphatic rings. The number of nitrogens with zero attached hydrogens (tertiary/aromatic N) is 6. The van der Waals surface area contributed by atoms with Gasteiger partial charge in [0.1, 0.15) is 4.83 Å². The van der Waals surface area contributed by atoms with Crippen LogP contribution in [0.3, 0.4) is 0 Å². The maximum absolute atomic E-state index is 9.04. The molecule has 0 fully saturated rings. The molecule has 0 atom stereocenters. The van der Waals surface area contributed by atoms with Crippen molar-refractivity contribution in [2.24, 2.45) is 0 Å². The summed E-state index contributed by atoms with van der Waals surface area (Å²) in [4.78, 5) is 14.6. The molecule has 0 saturated carbocycles. The zero-order valence-electron chi connectivity index (χ0n) is 14.2. The molecule has 0 radical (unpaired) electrons. The van der Waals surface area contributed by atoms with Crippen LogP contribution in [0.25, 0.3) is 21.6 Å². The third-order valence-electron chi connectivity index (χ3n) is 4.29. The second kappa shape index (κ2) is 6.58. The number of hydrazine groups is 2. The fourth-order valence-electron chi connectivity index (χ4n) is 2.97. The van der Waals surface area contributed by atoms with Gasteiger partial charge in [-0.1, -0.05) is 0 Å². The largest absolute Gasteiger partial charge is 0.394 e. The molecule has 1 aliphatic heterocycles. The Kier molecular flexibility index (Phi) is 3.93. The Morgan fingerprint density at radius 2 is 2.11 bits per heavy atom. The third kappa shape index (κ3) is 2.99. The molecule has 136 valence electrons. The summed E-state index contributed by atoms with van der Waals surface area (Å²) in [5.41, 5.74) is 12.5. The van der Waals surface area contributed by atoms with E-state index in [1.807, 2.05) is 35.5 Å². The summed E-state index contributed by atoms with van der Waals surface area (Å²) in [6.45, 7) is 1.08. The number of aliphatic hydroxyl groups is 1. The molecule has 0 spiro atoms. The van der Waals surface area contributed by atoms with E-state index in [1.54, 1.807) is 16.4 Å². The van der Waals surface area contributed by atoms with E-state index in [2.05, 4.69) is 26.0 Å². The molecule has 0 aromatic carbocycles. The lowest BCUT2D eigenvalue weighted by Crippen LogP contribution is -2.35. The number of rotatable bonds is 5. The van der Waals surface area contributed by atoms with E-state index in [9.17, 15) is 0 Å². The van der Waals surface area contributed by atoms with Gasteiger partial charge in [-0.25, -0.2) is 15.0 Å². The average molecular weight is 380 g/mol. The van der Waals surface area contributed by atoms with Crippen LogP contribution in [0.1, 0.15) is 5.69 Å². The molecule has 10 heteroatoms. The normalized spacial score (nSPS) is 13.1. The zero-order chi connectivity index (χ0) is 18.2. The van der Waals surface area contributed by atoms with E-state index in [-0.39, 0.29) is 6.61 Å². The molecule has 0 saturated heterocycles. The first kappa shape index (κ1) is 16.1. The second-order valence-electron chi connectivity index (χ2n) is 6.09. The number of hydrogen-bond acceptors (Lipinski definition) is 9. The molecule has 0 aliphatic carbocycles. The highest BCUT2D eigenvalue weighted by Gasteiger charge is 2.22. The minimum absolute atomic E-state index is 0.0530. The van der Waals surface area contributed by atoms with Crippen LogP contribution in [0.15, 0.2) is 42.2 Å². The topological polar surface area (TPSA) is 104 Å². The van der Waals surface area contributed by atoms with Crippen molar-refractivity contribution in [2.45, 2.75) is 13.1 Å². The van der Waals surface area contributed by atoms with Crippen LogP contribution in [0, 0.1) is 0 Å². The summed E-state index contributed by atoms with van der Waals surface area (Å²) in [5, 5.41) is 15.2. The van der Waals surface area contributed by atoms with E-state index >= 15 is 0 Å². The minimum Gasteiger partial charge on any atom is -0.394 e. The lowest BCUT2D eigenvalue weighted by atomic mass is 10.2. The monoisotopic (exact) mass is 380 g/mol. The Labute approximate surface area is 158 Å². The Morgan fingerprint density at radius 1 is 1.15 bits per heavy atom. The number of hydrogen-bond donors (Lipinski definition) is 3. The van der Waals surface area contributed by atoms with Crippen molar-refractivity contribution in [3.05, 3.63) is 47.9 Å². The summed E-state index contributed by atoms with van der Waals surface area (Å²) in [6, 6.07) is 7.88. The van der Waals surface area contributed by atoms with E-state index in [0.29, 0.717) is 13.1 Å². The molecule has 0 unspecified atom stereocenters. The Balaban J connectivity index is 1.42. The van der Waals surface area contributed by atoms with Gasteiger partial charge < -0.3 is 10.5 Å². The molecule has 0 bridgehead atoms. The summed E-state index contributed by atoms with van der Waals surface area (Å²) in [7, 11) is 0. The predicted octanol–water partition coefficient (Wildman–Crippen LogP) is 1.79. The molecule has 0 amide bonds. The third-order valence-corrected chi connectivity index (χ3v) is 5.02. The molecule has 9 nitrogen and oxygen atoms in total. The molecule has 4 aromatic rings. The highest BCUT2D eigenvalue weighted by molar-refractivity contribution is 7.16. The fourth-order valence-corrected chi connectivity index (χ4v) is 3.65. The number of pyridine rings is 2. The van der Waals surface area contributed by atoms with Gasteiger partial charge in [0.25, 0.3) is 0 Å². The van der Waals surface area contributed by atoms with Gasteiger partial charge in [0.05, 0.1) is 54.0 Å². The number of nitrogens with one attached hydrogen (secondary N) is 2. The molecule has 5 heterocycles. The maximum Gasteiger partial charge on any atom is 0.170 e. The van der Waals surface area contributed by atoms with Gasteiger partial charge in [-0.2, -0.15) is 5.10 Å². The number of thiazole rings is 1. The molecule has 3 N–H and O–H groups in total. The van der Waals surface area contributed by atoms with Crippen molar-refractivity contribution in [3.8, 4) is 11.3 Å². The highest BCUT2D eigenvalue weighted by Crippen LogP contribution is 2.31. The number of aromatic nitrogens is 5. The highest BCUT2D eigenvalue weighted by atomic mass is 32.1. The summed E-state index contributed by atoms with van der Waals surface area (Å²) >= 11 is 1.53. The first-order valence-corrected chi connectivity index (χ1v) is 9.31.